The van der Waals surface area contributed by atoms with Crippen LogP contribution in [0, 0.1) is 6.92 Å². The Labute approximate surface area is 110 Å². The van der Waals surface area contributed by atoms with Gasteiger partial charge in [0.05, 0.1) is 10.5 Å². The van der Waals surface area contributed by atoms with Crippen molar-refractivity contribution < 1.29 is 17.9 Å². The summed E-state index contributed by atoms with van der Waals surface area (Å²) in [7, 11) is 1.46. The summed E-state index contributed by atoms with van der Waals surface area (Å²) in [5, 5.41) is 0. The summed E-state index contributed by atoms with van der Waals surface area (Å²) >= 11 is 0. The molecule has 1 fully saturated rings. The van der Waals surface area contributed by atoms with Gasteiger partial charge in [-0.25, -0.2) is 13.2 Å². The first-order valence-corrected chi connectivity index (χ1v) is 7.95. The second-order valence-corrected chi connectivity index (χ2v) is 6.91. The van der Waals surface area contributed by atoms with E-state index in [2.05, 4.69) is 0 Å². The highest BCUT2D eigenvalue weighted by atomic mass is 35.7. The minimum absolute atomic E-state index is 0.0325. The molecule has 2 rings (SSSR count). The molecule has 0 atom stereocenters. The van der Waals surface area contributed by atoms with Crippen LogP contribution in [-0.4, -0.2) is 20.5 Å². The Kier molecular flexibility index (Phi) is 3.64. The normalized spacial score (nSPS) is 16.1. The first-order chi connectivity index (χ1) is 8.38. The molecule has 0 bridgehead atoms. The molecule has 0 aromatic heterocycles. The molecule has 0 amide bonds. The Morgan fingerprint density at radius 2 is 2.06 bits per heavy atom. The summed E-state index contributed by atoms with van der Waals surface area (Å²) in [5.41, 5.74) is 0.719. The maximum atomic E-state index is 11.8. The van der Waals surface area contributed by atoms with Crippen molar-refractivity contribution in [1.82, 2.24) is 0 Å². The van der Waals surface area contributed by atoms with E-state index in [0.717, 1.165) is 19.3 Å². The molecule has 0 N–H and O–H groups in total. The van der Waals surface area contributed by atoms with Crippen LogP contribution < -0.4 is 0 Å². The fraction of sp³-hybridized carbons (Fsp3) is 0.417. The van der Waals surface area contributed by atoms with E-state index in [1.54, 1.807) is 19.1 Å². The number of carbonyl (C=O) groups excluding carboxylic acids is 1. The van der Waals surface area contributed by atoms with Gasteiger partial charge in [0.1, 0.15) is 6.10 Å². The predicted octanol–water partition coefficient (Wildman–Crippen LogP) is 2.63. The van der Waals surface area contributed by atoms with Crippen molar-refractivity contribution in [3.05, 3.63) is 29.3 Å². The zero-order valence-corrected chi connectivity index (χ0v) is 11.4. The van der Waals surface area contributed by atoms with E-state index < -0.39 is 15.0 Å². The molecule has 0 spiro atoms. The summed E-state index contributed by atoms with van der Waals surface area (Å²) in [6, 6.07) is 4.35. The third-order valence-corrected chi connectivity index (χ3v) is 4.48. The van der Waals surface area contributed by atoms with Crippen molar-refractivity contribution in [2.75, 3.05) is 0 Å². The molecule has 0 unspecified atom stereocenters. The number of ether oxygens (including phenoxy) is 1. The monoisotopic (exact) mass is 288 g/mol. The van der Waals surface area contributed by atoms with Gasteiger partial charge in [-0.1, -0.05) is 6.07 Å². The highest BCUT2D eigenvalue weighted by Crippen LogP contribution is 2.25. The van der Waals surface area contributed by atoms with E-state index in [1.165, 1.54) is 6.07 Å². The molecule has 6 heteroatoms. The molecular formula is C12H13ClO4S. The minimum atomic E-state index is -3.85. The summed E-state index contributed by atoms with van der Waals surface area (Å²) < 4.78 is 27.9. The van der Waals surface area contributed by atoms with Crippen molar-refractivity contribution >= 4 is 25.7 Å². The SMILES string of the molecule is Cc1ccc(C(=O)OC2CCC2)cc1S(=O)(=O)Cl. The second-order valence-electron chi connectivity index (χ2n) is 4.38. The summed E-state index contributed by atoms with van der Waals surface area (Å²) in [4.78, 5) is 11.7. The van der Waals surface area contributed by atoms with Crippen molar-refractivity contribution in [2.24, 2.45) is 0 Å². The van der Waals surface area contributed by atoms with Gasteiger partial charge in [0.2, 0.25) is 0 Å². The number of carbonyl (C=O) groups is 1. The number of benzene rings is 1. The van der Waals surface area contributed by atoms with Gasteiger partial charge in [0, 0.05) is 10.7 Å². The molecule has 98 valence electrons. The van der Waals surface area contributed by atoms with Crippen molar-refractivity contribution in [1.29, 1.82) is 0 Å². The highest BCUT2D eigenvalue weighted by Gasteiger charge is 2.23. The Morgan fingerprint density at radius 1 is 1.39 bits per heavy atom. The van der Waals surface area contributed by atoms with Crippen LogP contribution in [0.4, 0.5) is 0 Å². The number of hydrogen-bond acceptors (Lipinski definition) is 4. The van der Waals surface area contributed by atoms with Crippen molar-refractivity contribution in [2.45, 2.75) is 37.2 Å². The molecule has 1 aromatic carbocycles. The van der Waals surface area contributed by atoms with Gasteiger partial charge in [-0.2, -0.15) is 0 Å². The van der Waals surface area contributed by atoms with Crippen LogP contribution in [-0.2, 0) is 13.8 Å². The van der Waals surface area contributed by atoms with E-state index in [4.69, 9.17) is 15.4 Å². The Bertz CT molecular complexity index is 576. The molecule has 1 aliphatic carbocycles. The first-order valence-electron chi connectivity index (χ1n) is 5.64. The lowest BCUT2D eigenvalue weighted by Gasteiger charge is -2.25. The van der Waals surface area contributed by atoms with Crippen LogP contribution >= 0.6 is 10.7 Å². The molecule has 18 heavy (non-hydrogen) atoms. The lowest BCUT2D eigenvalue weighted by molar-refractivity contribution is 0.00898. The predicted molar refractivity (Wildman–Crippen MR) is 67.3 cm³/mol. The zero-order valence-electron chi connectivity index (χ0n) is 9.85. The number of hydrogen-bond donors (Lipinski definition) is 0. The van der Waals surface area contributed by atoms with E-state index in [-0.39, 0.29) is 16.6 Å². The molecule has 0 saturated heterocycles. The average molecular weight is 289 g/mol. The zero-order chi connectivity index (χ0) is 13.3. The second kappa shape index (κ2) is 4.90. The average Bonchev–Trinajstić information content (AvgIpc) is 2.22. The summed E-state index contributed by atoms with van der Waals surface area (Å²) in [5.74, 6) is -0.499. The van der Waals surface area contributed by atoms with Crippen LogP contribution in [0.2, 0.25) is 0 Å². The number of halogens is 1. The largest absolute Gasteiger partial charge is 0.459 e. The third-order valence-electron chi connectivity index (χ3n) is 3.01. The van der Waals surface area contributed by atoms with Gasteiger partial charge >= 0.3 is 5.97 Å². The number of esters is 1. The molecule has 0 aliphatic heterocycles. The number of aryl methyl sites for hydroxylation is 1. The van der Waals surface area contributed by atoms with Gasteiger partial charge in [0.15, 0.2) is 0 Å². The topological polar surface area (TPSA) is 60.4 Å². The number of rotatable bonds is 3. The standard InChI is InChI=1S/C12H13ClO4S/c1-8-5-6-9(7-11(8)18(13,15)16)12(14)17-10-3-2-4-10/h5-7,10H,2-4H2,1H3. The first kappa shape index (κ1) is 13.4. The maximum absolute atomic E-state index is 11.8. The van der Waals surface area contributed by atoms with Gasteiger partial charge in [-0.3, -0.25) is 0 Å². The van der Waals surface area contributed by atoms with E-state index in [9.17, 15) is 13.2 Å². The smallest absolute Gasteiger partial charge is 0.338 e. The maximum Gasteiger partial charge on any atom is 0.338 e. The van der Waals surface area contributed by atoms with Gasteiger partial charge in [0.25, 0.3) is 9.05 Å². The molecule has 1 aromatic rings. The van der Waals surface area contributed by atoms with E-state index in [0.29, 0.717) is 5.56 Å². The van der Waals surface area contributed by atoms with Crippen LogP contribution in [0.3, 0.4) is 0 Å². The Morgan fingerprint density at radius 3 is 2.56 bits per heavy atom. The van der Waals surface area contributed by atoms with Crippen molar-refractivity contribution in [3.63, 3.8) is 0 Å². The van der Waals surface area contributed by atoms with Gasteiger partial charge in [-0.05, 0) is 43.9 Å². The fourth-order valence-electron chi connectivity index (χ4n) is 1.70. The van der Waals surface area contributed by atoms with Gasteiger partial charge in [-0.15, -0.1) is 0 Å². The van der Waals surface area contributed by atoms with E-state index in [1.807, 2.05) is 0 Å². The summed E-state index contributed by atoms with van der Waals surface area (Å²) in [6.07, 6.45) is 2.78. The van der Waals surface area contributed by atoms with Crippen molar-refractivity contribution in [3.8, 4) is 0 Å². The highest BCUT2D eigenvalue weighted by molar-refractivity contribution is 8.13. The molecule has 0 radical (unpaired) electrons. The molecular weight excluding hydrogens is 276 g/mol. The summed E-state index contributed by atoms with van der Waals surface area (Å²) in [6.45, 7) is 1.62. The molecule has 0 heterocycles. The molecule has 1 saturated carbocycles. The van der Waals surface area contributed by atoms with E-state index >= 15 is 0 Å². The van der Waals surface area contributed by atoms with Crippen LogP contribution in [0.5, 0.6) is 0 Å². The molecule has 1 aliphatic rings. The fourth-order valence-corrected chi connectivity index (χ4v) is 2.92. The van der Waals surface area contributed by atoms with Gasteiger partial charge < -0.3 is 4.74 Å². The lowest BCUT2D eigenvalue weighted by Crippen LogP contribution is -2.25. The van der Waals surface area contributed by atoms with Crippen LogP contribution in [0.25, 0.3) is 0 Å². The van der Waals surface area contributed by atoms with Crippen LogP contribution in [0.15, 0.2) is 23.1 Å². The minimum Gasteiger partial charge on any atom is -0.459 e. The Balaban J connectivity index is 2.26. The lowest BCUT2D eigenvalue weighted by atomic mass is 9.96. The third kappa shape index (κ3) is 2.84. The molecule has 4 nitrogen and oxygen atoms in total. The quantitative estimate of drug-likeness (QED) is 0.634. The Hall–Kier alpha value is -1.07. The van der Waals surface area contributed by atoms with Crippen LogP contribution in [0.1, 0.15) is 35.2 Å².